The van der Waals surface area contributed by atoms with Crippen LogP contribution in [0.25, 0.3) is 0 Å². The minimum atomic E-state index is -0.714. The van der Waals surface area contributed by atoms with Crippen molar-refractivity contribution in [2.75, 3.05) is 13.7 Å². The van der Waals surface area contributed by atoms with Crippen molar-refractivity contribution in [3.63, 3.8) is 0 Å². The van der Waals surface area contributed by atoms with Crippen molar-refractivity contribution < 1.29 is 14.3 Å². The molecule has 0 atom stereocenters. The molecule has 13 heavy (non-hydrogen) atoms. The van der Waals surface area contributed by atoms with Crippen LogP contribution in [0.2, 0.25) is 0 Å². The predicted octanol–water partition coefficient (Wildman–Crippen LogP) is -0.811. The molecule has 1 saturated carbocycles. The summed E-state index contributed by atoms with van der Waals surface area (Å²) in [5.74, 6) is -0.736. The summed E-state index contributed by atoms with van der Waals surface area (Å²) in [4.78, 5) is 21.7. The lowest BCUT2D eigenvalue weighted by atomic mass is 10.3. The molecular formula is C7H13ClN2O3. The van der Waals surface area contributed by atoms with Gasteiger partial charge in [0.15, 0.2) is 0 Å². The fourth-order valence-corrected chi connectivity index (χ4v) is 0.762. The van der Waals surface area contributed by atoms with Crippen molar-refractivity contribution in [1.29, 1.82) is 0 Å². The molecule has 0 saturated heterocycles. The van der Waals surface area contributed by atoms with Gasteiger partial charge in [0, 0.05) is 0 Å². The van der Waals surface area contributed by atoms with Crippen molar-refractivity contribution in [1.82, 2.24) is 5.32 Å². The maximum absolute atomic E-state index is 11.1. The average molecular weight is 209 g/mol. The van der Waals surface area contributed by atoms with Gasteiger partial charge in [-0.05, 0) is 12.8 Å². The van der Waals surface area contributed by atoms with Gasteiger partial charge in [-0.3, -0.25) is 9.59 Å². The highest BCUT2D eigenvalue weighted by molar-refractivity contribution is 5.91. The van der Waals surface area contributed by atoms with E-state index in [1.54, 1.807) is 0 Å². The van der Waals surface area contributed by atoms with Gasteiger partial charge in [0.1, 0.15) is 6.54 Å². The van der Waals surface area contributed by atoms with Gasteiger partial charge in [0.05, 0.1) is 12.6 Å². The van der Waals surface area contributed by atoms with Gasteiger partial charge in [-0.15, -0.1) is 12.4 Å². The predicted molar refractivity (Wildman–Crippen MR) is 48.4 cm³/mol. The van der Waals surface area contributed by atoms with Crippen molar-refractivity contribution in [2.45, 2.75) is 18.4 Å². The number of halogens is 1. The Balaban J connectivity index is 0.00000144. The number of methoxy groups -OCH3 is 1. The van der Waals surface area contributed by atoms with Crippen LogP contribution >= 0.6 is 12.4 Å². The Hall–Kier alpha value is -0.810. The number of hydrogen-bond acceptors (Lipinski definition) is 4. The molecule has 0 aliphatic heterocycles. The standard InChI is InChI=1S/C7H12N2O3.ClH/c1-12-5(10)4-9-6(11)7(8)2-3-7;/h2-4,8H2,1H3,(H,9,11);1H. The van der Waals surface area contributed by atoms with Gasteiger partial charge in [0.25, 0.3) is 0 Å². The van der Waals surface area contributed by atoms with Gasteiger partial charge in [-0.25, -0.2) is 0 Å². The smallest absolute Gasteiger partial charge is 0.325 e. The maximum atomic E-state index is 11.1. The zero-order valence-corrected chi connectivity index (χ0v) is 8.15. The number of esters is 1. The monoisotopic (exact) mass is 208 g/mol. The lowest BCUT2D eigenvalue weighted by molar-refractivity contribution is -0.141. The molecule has 1 rings (SSSR count). The van der Waals surface area contributed by atoms with E-state index in [2.05, 4.69) is 10.1 Å². The topological polar surface area (TPSA) is 81.4 Å². The first-order valence-electron chi connectivity index (χ1n) is 3.72. The second-order valence-electron chi connectivity index (χ2n) is 2.91. The minimum Gasteiger partial charge on any atom is -0.468 e. The number of hydrogen-bond donors (Lipinski definition) is 2. The molecule has 0 spiro atoms. The molecule has 1 amide bonds. The Kier molecular flexibility index (Phi) is 4.16. The van der Waals surface area contributed by atoms with Crippen LogP contribution in [0.1, 0.15) is 12.8 Å². The normalized spacial score (nSPS) is 16.8. The Morgan fingerprint density at radius 3 is 2.46 bits per heavy atom. The number of carbonyl (C=O) groups excluding carboxylic acids is 2. The molecule has 76 valence electrons. The Bertz CT molecular complexity index is 216. The highest BCUT2D eigenvalue weighted by Gasteiger charge is 2.45. The van der Waals surface area contributed by atoms with Crippen LogP contribution in [-0.4, -0.2) is 31.1 Å². The van der Waals surface area contributed by atoms with E-state index in [1.165, 1.54) is 7.11 Å². The van der Waals surface area contributed by atoms with E-state index in [9.17, 15) is 9.59 Å². The van der Waals surface area contributed by atoms with E-state index >= 15 is 0 Å². The van der Waals surface area contributed by atoms with E-state index < -0.39 is 11.5 Å². The molecule has 0 aromatic heterocycles. The first kappa shape index (κ1) is 12.2. The zero-order valence-electron chi connectivity index (χ0n) is 7.33. The van der Waals surface area contributed by atoms with Crippen LogP contribution in [-0.2, 0) is 14.3 Å². The molecule has 0 radical (unpaired) electrons. The molecule has 5 nitrogen and oxygen atoms in total. The Morgan fingerprint density at radius 2 is 2.08 bits per heavy atom. The van der Waals surface area contributed by atoms with Crippen molar-refractivity contribution in [2.24, 2.45) is 5.73 Å². The molecule has 0 unspecified atom stereocenters. The van der Waals surface area contributed by atoms with Crippen LogP contribution in [0.4, 0.5) is 0 Å². The van der Waals surface area contributed by atoms with Gasteiger partial charge >= 0.3 is 5.97 Å². The molecular weight excluding hydrogens is 196 g/mol. The molecule has 1 aliphatic rings. The summed E-state index contributed by atoms with van der Waals surface area (Å²) in [6, 6.07) is 0. The van der Waals surface area contributed by atoms with Gasteiger partial charge in [0.2, 0.25) is 5.91 Å². The molecule has 0 aromatic carbocycles. The summed E-state index contributed by atoms with van der Waals surface area (Å²) in [5.41, 5.74) is 4.84. The second kappa shape index (κ2) is 4.43. The highest BCUT2D eigenvalue weighted by atomic mass is 35.5. The quantitative estimate of drug-likeness (QED) is 0.595. The summed E-state index contributed by atoms with van der Waals surface area (Å²) >= 11 is 0. The molecule has 0 bridgehead atoms. The van der Waals surface area contributed by atoms with E-state index in [0.29, 0.717) is 12.8 Å². The summed E-state index contributed by atoms with van der Waals surface area (Å²) in [6.07, 6.45) is 1.39. The van der Waals surface area contributed by atoms with Gasteiger partial charge in [-0.2, -0.15) is 0 Å². The number of amides is 1. The van der Waals surface area contributed by atoms with Crippen LogP contribution in [0.3, 0.4) is 0 Å². The van der Waals surface area contributed by atoms with Gasteiger partial charge < -0.3 is 15.8 Å². The van der Waals surface area contributed by atoms with Crippen LogP contribution in [0.5, 0.6) is 0 Å². The number of nitrogens with one attached hydrogen (secondary N) is 1. The largest absolute Gasteiger partial charge is 0.468 e. The lowest BCUT2D eigenvalue weighted by Gasteiger charge is -2.08. The van der Waals surface area contributed by atoms with Crippen molar-refractivity contribution in [3.05, 3.63) is 0 Å². The molecule has 3 N–H and O–H groups in total. The molecule has 6 heteroatoms. The number of nitrogens with two attached hydrogens (primary N) is 1. The third-order valence-corrected chi connectivity index (χ3v) is 1.86. The van der Waals surface area contributed by atoms with Crippen LogP contribution < -0.4 is 11.1 Å². The fourth-order valence-electron chi connectivity index (χ4n) is 0.762. The summed E-state index contributed by atoms with van der Waals surface area (Å²) in [7, 11) is 1.27. The average Bonchev–Trinajstić information content (AvgIpc) is 2.80. The van der Waals surface area contributed by atoms with E-state index in [4.69, 9.17) is 5.73 Å². The lowest BCUT2D eigenvalue weighted by Crippen LogP contribution is -2.44. The van der Waals surface area contributed by atoms with Crippen LogP contribution in [0, 0.1) is 0 Å². The first-order chi connectivity index (χ1) is 5.58. The van der Waals surface area contributed by atoms with E-state index in [0.717, 1.165) is 0 Å². The second-order valence-corrected chi connectivity index (χ2v) is 2.91. The third kappa shape index (κ3) is 3.20. The molecule has 1 aliphatic carbocycles. The SMILES string of the molecule is COC(=O)CNC(=O)C1(N)CC1.Cl. The zero-order chi connectivity index (χ0) is 9.19. The molecule has 1 fully saturated rings. The van der Waals surface area contributed by atoms with Gasteiger partial charge in [-0.1, -0.05) is 0 Å². The van der Waals surface area contributed by atoms with Crippen molar-refractivity contribution in [3.8, 4) is 0 Å². The number of rotatable bonds is 3. The van der Waals surface area contributed by atoms with Crippen molar-refractivity contribution >= 4 is 24.3 Å². The summed E-state index contributed by atoms with van der Waals surface area (Å²) in [5, 5.41) is 2.40. The number of carbonyl (C=O) groups is 2. The Morgan fingerprint density at radius 1 is 1.54 bits per heavy atom. The fraction of sp³-hybridized carbons (Fsp3) is 0.714. The third-order valence-electron chi connectivity index (χ3n) is 1.86. The molecule has 0 heterocycles. The Labute approximate surface area is 82.4 Å². The minimum absolute atomic E-state index is 0. The first-order valence-corrected chi connectivity index (χ1v) is 3.72. The highest BCUT2D eigenvalue weighted by Crippen LogP contribution is 2.31. The maximum Gasteiger partial charge on any atom is 0.325 e. The molecule has 0 aromatic rings. The van der Waals surface area contributed by atoms with Crippen LogP contribution in [0.15, 0.2) is 0 Å². The van der Waals surface area contributed by atoms with E-state index in [-0.39, 0.29) is 24.9 Å². The van der Waals surface area contributed by atoms with E-state index in [1.807, 2.05) is 0 Å². The number of ether oxygens (including phenoxy) is 1. The summed E-state index contributed by atoms with van der Waals surface area (Å²) in [6.45, 7) is -0.103. The summed E-state index contributed by atoms with van der Waals surface area (Å²) < 4.78 is 4.34.